The summed E-state index contributed by atoms with van der Waals surface area (Å²) in [5.74, 6) is -0.0303. The molecular formula is C14H18N2O3. The van der Waals surface area contributed by atoms with Crippen molar-refractivity contribution in [1.29, 1.82) is 0 Å². The van der Waals surface area contributed by atoms with Crippen molar-refractivity contribution in [3.8, 4) is 5.75 Å². The van der Waals surface area contributed by atoms with Crippen LogP contribution in [0.2, 0.25) is 0 Å². The fraction of sp³-hybridized carbons (Fsp3) is 0.429. The quantitative estimate of drug-likeness (QED) is 0.823. The molecular weight excluding hydrogens is 244 g/mol. The highest BCUT2D eigenvalue weighted by Crippen LogP contribution is 2.19. The van der Waals surface area contributed by atoms with Gasteiger partial charge in [0, 0.05) is 13.1 Å². The van der Waals surface area contributed by atoms with E-state index < -0.39 is 5.54 Å². The first-order chi connectivity index (χ1) is 8.91. The average Bonchev–Trinajstić information content (AvgIpc) is 2.35. The summed E-state index contributed by atoms with van der Waals surface area (Å²) < 4.78 is 0. The maximum atomic E-state index is 12.3. The van der Waals surface area contributed by atoms with E-state index in [0.717, 1.165) is 5.56 Å². The molecule has 0 aromatic heterocycles. The van der Waals surface area contributed by atoms with Crippen molar-refractivity contribution >= 4 is 11.8 Å². The molecule has 1 saturated heterocycles. The summed E-state index contributed by atoms with van der Waals surface area (Å²) in [6, 6.07) is 6.53. The lowest BCUT2D eigenvalue weighted by Crippen LogP contribution is -2.63. The van der Waals surface area contributed by atoms with Crippen LogP contribution in [0.5, 0.6) is 5.75 Å². The molecule has 1 aliphatic heterocycles. The summed E-state index contributed by atoms with van der Waals surface area (Å²) in [6.07, 6.45) is 0.233. The third-order valence-corrected chi connectivity index (χ3v) is 3.44. The molecule has 1 aliphatic rings. The minimum absolute atomic E-state index is 0.0782. The number of aromatic hydroxyl groups is 1. The van der Waals surface area contributed by atoms with Gasteiger partial charge in [-0.1, -0.05) is 12.1 Å². The maximum absolute atomic E-state index is 12.3. The van der Waals surface area contributed by atoms with E-state index in [-0.39, 0.29) is 24.0 Å². The van der Waals surface area contributed by atoms with E-state index in [9.17, 15) is 14.7 Å². The molecule has 19 heavy (non-hydrogen) atoms. The molecule has 2 amide bonds. The topological polar surface area (TPSA) is 69.6 Å². The number of phenolic OH excluding ortho intramolecular Hbond substituents is 1. The van der Waals surface area contributed by atoms with E-state index in [1.54, 1.807) is 43.0 Å². The van der Waals surface area contributed by atoms with Crippen LogP contribution in [0.25, 0.3) is 0 Å². The number of rotatable bonds is 2. The summed E-state index contributed by atoms with van der Waals surface area (Å²) >= 11 is 0. The third-order valence-electron chi connectivity index (χ3n) is 3.44. The van der Waals surface area contributed by atoms with Gasteiger partial charge in [0.15, 0.2) is 0 Å². The van der Waals surface area contributed by atoms with Gasteiger partial charge in [0.05, 0.1) is 6.42 Å². The van der Waals surface area contributed by atoms with Crippen molar-refractivity contribution in [3.05, 3.63) is 29.8 Å². The van der Waals surface area contributed by atoms with Crippen LogP contribution in [0.15, 0.2) is 24.3 Å². The number of piperazine rings is 1. The van der Waals surface area contributed by atoms with Gasteiger partial charge in [-0.3, -0.25) is 9.59 Å². The first-order valence-electron chi connectivity index (χ1n) is 6.28. The van der Waals surface area contributed by atoms with Crippen molar-refractivity contribution < 1.29 is 14.7 Å². The minimum atomic E-state index is -0.813. The van der Waals surface area contributed by atoms with Gasteiger partial charge in [-0.2, -0.15) is 0 Å². The molecule has 0 aliphatic carbocycles. The van der Waals surface area contributed by atoms with Crippen molar-refractivity contribution in [2.75, 3.05) is 13.1 Å². The van der Waals surface area contributed by atoms with Gasteiger partial charge < -0.3 is 15.3 Å². The minimum Gasteiger partial charge on any atom is -0.508 e. The highest BCUT2D eigenvalue weighted by Gasteiger charge is 2.40. The van der Waals surface area contributed by atoms with Gasteiger partial charge in [-0.15, -0.1) is 0 Å². The van der Waals surface area contributed by atoms with Gasteiger partial charge in [0.25, 0.3) is 0 Å². The molecule has 1 heterocycles. The van der Waals surface area contributed by atoms with Crippen molar-refractivity contribution in [3.63, 3.8) is 0 Å². The second-order valence-corrected chi connectivity index (χ2v) is 5.20. The van der Waals surface area contributed by atoms with Crippen LogP contribution in [-0.2, 0) is 16.0 Å². The number of amides is 2. The molecule has 1 aromatic carbocycles. The number of nitrogens with one attached hydrogen (secondary N) is 1. The standard InChI is InChI=1S/C14H18N2O3/c1-14(2)13(19)15-7-8-16(14)12(18)9-10-3-5-11(17)6-4-10/h3-6,17H,7-9H2,1-2H3,(H,15,19). The number of carbonyl (C=O) groups is 2. The predicted molar refractivity (Wildman–Crippen MR) is 70.6 cm³/mol. The second-order valence-electron chi connectivity index (χ2n) is 5.20. The summed E-state index contributed by atoms with van der Waals surface area (Å²) in [6.45, 7) is 4.51. The molecule has 0 atom stereocenters. The van der Waals surface area contributed by atoms with Gasteiger partial charge in [0.2, 0.25) is 11.8 Å². The molecule has 5 heteroatoms. The second kappa shape index (κ2) is 4.91. The first kappa shape index (κ1) is 13.4. The van der Waals surface area contributed by atoms with Crippen LogP contribution >= 0.6 is 0 Å². The number of hydrogen-bond acceptors (Lipinski definition) is 3. The van der Waals surface area contributed by atoms with Crippen LogP contribution in [-0.4, -0.2) is 40.4 Å². The Bertz CT molecular complexity index is 494. The van der Waals surface area contributed by atoms with Gasteiger partial charge in [0.1, 0.15) is 11.3 Å². The molecule has 2 N–H and O–H groups in total. The fourth-order valence-corrected chi connectivity index (χ4v) is 2.22. The number of benzene rings is 1. The van der Waals surface area contributed by atoms with Crippen LogP contribution in [0, 0.1) is 0 Å². The van der Waals surface area contributed by atoms with E-state index in [1.807, 2.05) is 0 Å². The molecule has 5 nitrogen and oxygen atoms in total. The largest absolute Gasteiger partial charge is 0.508 e. The number of phenols is 1. The van der Waals surface area contributed by atoms with Gasteiger partial charge >= 0.3 is 0 Å². The van der Waals surface area contributed by atoms with E-state index in [1.165, 1.54) is 0 Å². The van der Waals surface area contributed by atoms with Crippen LogP contribution in [0.1, 0.15) is 19.4 Å². The Morgan fingerprint density at radius 3 is 2.63 bits per heavy atom. The summed E-state index contributed by atoms with van der Waals surface area (Å²) in [5, 5.41) is 12.0. The summed E-state index contributed by atoms with van der Waals surface area (Å²) in [4.78, 5) is 25.7. The summed E-state index contributed by atoms with van der Waals surface area (Å²) in [5.41, 5.74) is 0.0104. The number of nitrogens with zero attached hydrogens (tertiary/aromatic N) is 1. The Hall–Kier alpha value is -2.04. The van der Waals surface area contributed by atoms with Gasteiger partial charge in [-0.25, -0.2) is 0 Å². The molecule has 0 spiro atoms. The molecule has 1 aromatic rings. The lowest BCUT2D eigenvalue weighted by atomic mass is 9.97. The SMILES string of the molecule is CC1(C)C(=O)NCCN1C(=O)Cc1ccc(O)cc1. The molecule has 0 unspecified atom stereocenters. The Labute approximate surface area is 112 Å². The monoisotopic (exact) mass is 262 g/mol. The molecule has 0 bridgehead atoms. The number of carbonyl (C=O) groups excluding carboxylic acids is 2. The van der Waals surface area contributed by atoms with Crippen LogP contribution in [0.3, 0.4) is 0 Å². The third kappa shape index (κ3) is 2.70. The Balaban J connectivity index is 2.11. The highest BCUT2D eigenvalue weighted by atomic mass is 16.3. The molecule has 2 rings (SSSR count). The van der Waals surface area contributed by atoms with E-state index in [0.29, 0.717) is 13.1 Å². The van der Waals surface area contributed by atoms with Crippen LogP contribution < -0.4 is 5.32 Å². The molecule has 1 fully saturated rings. The summed E-state index contributed by atoms with van der Waals surface area (Å²) in [7, 11) is 0. The molecule has 102 valence electrons. The Morgan fingerprint density at radius 1 is 1.37 bits per heavy atom. The lowest BCUT2D eigenvalue weighted by Gasteiger charge is -2.41. The van der Waals surface area contributed by atoms with E-state index in [4.69, 9.17) is 0 Å². The van der Waals surface area contributed by atoms with Crippen molar-refractivity contribution in [1.82, 2.24) is 10.2 Å². The fourth-order valence-electron chi connectivity index (χ4n) is 2.22. The zero-order chi connectivity index (χ0) is 14.0. The maximum Gasteiger partial charge on any atom is 0.245 e. The van der Waals surface area contributed by atoms with Crippen molar-refractivity contribution in [2.45, 2.75) is 25.8 Å². The molecule has 0 radical (unpaired) electrons. The zero-order valence-electron chi connectivity index (χ0n) is 11.1. The lowest BCUT2D eigenvalue weighted by molar-refractivity contribution is -0.148. The number of hydrogen-bond donors (Lipinski definition) is 2. The average molecular weight is 262 g/mol. The van der Waals surface area contributed by atoms with Gasteiger partial charge in [-0.05, 0) is 31.5 Å². The molecule has 0 saturated carbocycles. The van der Waals surface area contributed by atoms with E-state index in [2.05, 4.69) is 5.32 Å². The Kier molecular flexibility index (Phi) is 3.46. The predicted octanol–water partition coefficient (Wildman–Crippen LogP) is 0.672. The normalized spacial score (nSPS) is 18.0. The van der Waals surface area contributed by atoms with E-state index >= 15 is 0 Å². The Morgan fingerprint density at radius 2 is 2.00 bits per heavy atom. The van der Waals surface area contributed by atoms with Crippen LogP contribution in [0.4, 0.5) is 0 Å². The van der Waals surface area contributed by atoms with Crippen molar-refractivity contribution in [2.24, 2.45) is 0 Å². The zero-order valence-corrected chi connectivity index (χ0v) is 11.1. The smallest absolute Gasteiger partial charge is 0.245 e. The highest BCUT2D eigenvalue weighted by molar-refractivity contribution is 5.92. The first-order valence-corrected chi connectivity index (χ1v) is 6.28.